The Morgan fingerprint density at radius 2 is 1.97 bits per heavy atom. The number of carbonyl (C=O) groups excluding carboxylic acids is 1. The standard InChI is InChI=1S/C29H35F2N5O2/c1-18-15-26(31)27(9-8-25(18)30)36-20(3)24(17-33-36)29(37)34-22-14-19(2)28(32-16-22)21-4-6-23(7-5-21)35-10-12-38-13-11-35/h4,8-9,14,16-18,23,26H,5-7,10-13,15H2,1-3H3,(H,34,37). The molecule has 3 unspecified atom stereocenters. The maximum Gasteiger partial charge on any atom is 0.259 e. The normalized spacial score (nSPS) is 24.8. The van der Waals surface area contributed by atoms with Gasteiger partial charge in [-0.1, -0.05) is 13.0 Å². The van der Waals surface area contributed by atoms with Crippen LogP contribution < -0.4 is 5.32 Å². The summed E-state index contributed by atoms with van der Waals surface area (Å²) in [6.07, 6.45) is 9.80. The van der Waals surface area contributed by atoms with Gasteiger partial charge in [-0.3, -0.25) is 14.7 Å². The van der Waals surface area contributed by atoms with Crippen molar-refractivity contribution in [3.8, 4) is 0 Å². The van der Waals surface area contributed by atoms with Crippen LogP contribution in [0.3, 0.4) is 0 Å². The highest BCUT2D eigenvalue weighted by Gasteiger charge is 2.27. The summed E-state index contributed by atoms with van der Waals surface area (Å²) >= 11 is 0. The van der Waals surface area contributed by atoms with Gasteiger partial charge in [0.15, 0.2) is 0 Å². The largest absolute Gasteiger partial charge is 0.379 e. The number of anilines is 1. The molecule has 0 spiro atoms. The van der Waals surface area contributed by atoms with Crippen molar-refractivity contribution in [3.05, 3.63) is 65.0 Å². The molecule has 1 aliphatic heterocycles. The predicted molar refractivity (Wildman–Crippen MR) is 144 cm³/mol. The Bertz CT molecular complexity index is 1290. The second-order valence-electron chi connectivity index (χ2n) is 10.5. The van der Waals surface area contributed by atoms with Gasteiger partial charge in [-0.2, -0.15) is 5.10 Å². The van der Waals surface area contributed by atoms with Crippen molar-refractivity contribution in [2.45, 2.75) is 58.7 Å². The van der Waals surface area contributed by atoms with E-state index in [1.165, 1.54) is 28.6 Å². The molecule has 2 aromatic rings. The smallest absolute Gasteiger partial charge is 0.259 e. The van der Waals surface area contributed by atoms with E-state index < -0.39 is 12.1 Å². The van der Waals surface area contributed by atoms with Crippen molar-refractivity contribution in [3.63, 3.8) is 0 Å². The molecule has 38 heavy (non-hydrogen) atoms. The van der Waals surface area contributed by atoms with Crippen molar-refractivity contribution in [2.24, 2.45) is 5.92 Å². The molecule has 7 nitrogen and oxygen atoms in total. The van der Waals surface area contributed by atoms with E-state index in [0.29, 0.717) is 23.0 Å². The number of ether oxygens (including phenoxy) is 1. The minimum Gasteiger partial charge on any atom is -0.379 e. The molecule has 9 heteroatoms. The van der Waals surface area contributed by atoms with Crippen LogP contribution in [-0.2, 0) is 4.74 Å². The topological polar surface area (TPSA) is 72.3 Å². The summed E-state index contributed by atoms with van der Waals surface area (Å²) in [4.78, 5) is 20.3. The number of nitrogens with one attached hydrogen (secondary N) is 1. The van der Waals surface area contributed by atoms with Gasteiger partial charge >= 0.3 is 0 Å². The van der Waals surface area contributed by atoms with Crippen LogP contribution in [-0.4, -0.2) is 64.1 Å². The molecule has 1 fully saturated rings. The van der Waals surface area contributed by atoms with Crippen molar-refractivity contribution in [2.75, 3.05) is 31.6 Å². The molecule has 0 radical (unpaired) electrons. The van der Waals surface area contributed by atoms with Crippen LogP contribution in [0.25, 0.3) is 11.3 Å². The Balaban J connectivity index is 1.26. The molecule has 202 valence electrons. The third-order valence-corrected chi connectivity index (χ3v) is 7.85. The first-order chi connectivity index (χ1) is 18.3. The van der Waals surface area contributed by atoms with Crippen LogP contribution in [0.5, 0.6) is 0 Å². The number of carbonyl (C=O) groups is 1. The van der Waals surface area contributed by atoms with Crippen LogP contribution in [0.1, 0.15) is 59.9 Å². The SMILES string of the molecule is Cc1cc(NC(=O)c2cnn(C3=CC=C(F)C(C)CC3F)c2C)cnc1C1=CCC(N2CCOCC2)CC1. The van der Waals surface area contributed by atoms with Crippen LogP contribution in [0.4, 0.5) is 14.5 Å². The minimum absolute atomic E-state index is 0.0244. The lowest BCUT2D eigenvalue weighted by Gasteiger charge is -2.36. The fourth-order valence-electron chi connectivity index (χ4n) is 5.56. The highest BCUT2D eigenvalue weighted by Crippen LogP contribution is 2.32. The number of aryl methyl sites for hydroxylation is 1. The first kappa shape index (κ1) is 26.4. The summed E-state index contributed by atoms with van der Waals surface area (Å²) in [6.45, 7) is 8.98. The minimum atomic E-state index is -1.39. The number of nitrogens with zero attached hydrogens (tertiary/aromatic N) is 4. The molecule has 3 atom stereocenters. The highest BCUT2D eigenvalue weighted by atomic mass is 19.1. The van der Waals surface area contributed by atoms with E-state index in [9.17, 15) is 13.6 Å². The average molecular weight is 524 g/mol. The van der Waals surface area contributed by atoms with Crippen LogP contribution in [0.15, 0.2) is 42.5 Å². The summed E-state index contributed by atoms with van der Waals surface area (Å²) in [5, 5.41) is 7.14. The molecule has 1 N–H and O–H groups in total. The predicted octanol–water partition coefficient (Wildman–Crippen LogP) is 5.49. The van der Waals surface area contributed by atoms with E-state index in [4.69, 9.17) is 4.74 Å². The van der Waals surface area contributed by atoms with Gasteiger partial charge in [-0.05, 0) is 68.9 Å². The lowest BCUT2D eigenvalue weighted by Crippen LogP contribution is -2.43. The van der Waals surface area contributed by atoms with Crippen LogP contribution in [0.2, 0.25) is 0 Å². The van der Waals surface area contributed by atoms with Crippen molar-refractivity contribution in [1.82, 2.24) is 19.7 Å². The molecule has 0 aromatic carbocycles. The van der Waals surface area contributed by atoms with Crippen molar-refractivity contribution >= 4 is 22.9 Å². The number of aromatic nitrogens is 3. The van der Waals surface area contributed by atoms with Crippen molar-refractivity contribution in [1.29, 1.82) is 0 Å². The molecule has 0 bridgehead atoms. The molecule has 3 heterocycles. The van der Waals surface area contributed by atoms with Crippen LogP contribution in [0, 0.1) is 19.8 Å². The number of rotatable bonds is 5. The number of hydrogen-bond donors (Lipinski definition) is 1. The second-order valence-corrected chi connectivity index (χ2v) is 10.5. The summed E-state index contributed by atoms with van der Waals surface area (Å²) in [5.41, 5.74) is 4.84. The summed E-state index contributed by atoms with van der Waals surface area (Å²) < 4.78 is 35.7. The van der Waals surface area contributed by atoms with Gasteiger partial charge in [0, 0.05) is 25.0 Å². The number of allylic oxidation sites excluding steroid dienone is 5. The van der Waals surface area contributed by atoms with Gasteiger partial charge in [0.1, 0.15) is 12.0 Å². The number of pyridine rings is 1. The molecular formula is C29H35F2N5O2. The van der Waals surface area contributed by atoms with E-state index in [-0.39, 0.29) is 23.9 Å². The second kappa shape index (κ2) is 11.3. The van der Waals surface area contributed by atoms with Gasteiger partial charge < -0.3 is 10.1 Å². The van der Waals surface area contributed by atoms with Gasteiger partial charge in [0.2, 0.25) is 0 Å². The number of amides is 1. The highest BCUT2D eigenvalue weighted by molar-refractivity contribution is 6.05. The van der Waals surface area contributed by atoms with E-state index >= 15 is 0 Å². The maximum absolute atomic E-state index is 14.9. The molecule has 0 saturated carbocycles. The first-order valence-corrected chi connectivity index (χ1v) is 13.4. The van der Waals surface area contributed by atoms with E-state index in [1.807, 2.05) is 13.0 Å². The van der Waals surface area contributed by atoms with Crippen LogP contribution >= 0.6 is 0 Å². The Hall–Kier alpha value is -3.17. The zero-order valence-electron chi connectivity index (χ0n) is 22.2. The van der Waals surface area contributed by atoms with Crippen molar-refractivity contribution < 1.29 is 18.3 Å². The third kappa shape index (κ3) is 5.49. The fraction of sp³-hybridized carbons (Fsp3) is 0.483. The van der Waals surface area contributed by atoms with Gasteiger partial charge in [-0.15, -0.1) is 0 Å². The quantitative estimate of drug-likeness (QED) is 0.561. The molecular weight excluding hydrogens is 488 g/mol. The number of morpholine rings is 1. The number of hydrogen-bond acceptors (Lipinski definition) is 5. The summed E-state index contributed by atoms with van der Waals surface area (Å²) in [6, 6.07) is 2.49. The molecule has 2 aliphatic carbocycles. The lowest BCUT2D eigenvalue weighted by molar-refractivity contribution is 0.0150. The maximum atomic E-state index is 14.9. The zero-order valence-corrected chi connectivity index (χ0v) is 22.2. The molecule has 1 saturated heterocycles. The fourth-order valence-corrected chi connectivity index (χ4v) is 5.56. The number of alkyl halides is 1. The Morgan fingerprint density at radius 1 is 1.18 bits per heavy atom. The van der Waals surface area contributed by atoms with E-state index in [2.05, 4.69) is 26.4 Å². The summed E-state index contributed by atoms with van der Waals surface area (Å²) in [7, 11) is 0. The first-order valence-electron chi connectivity index (χ1n) is 13.4. The Kier molecular flexibility index (Phi) is 7.85. The average Bonchev–Trinajstić information content (AvgIpc) is 3.24. The Morgan fingerprint density at radius 3 is 2.68 bits per heavy atom. The zero-order chi connectivity index (χ0) is 26.8. The Labute approximate surface area is 222 Å². The van der Waals surface area contributed by atoms with Gasteiger partial charge in [0.25, 0.3) is 5.91 Å². The van der Waals surface area contributed by atoms with Gasteiger partial charge in [0.05, 0.1) is 53.9 Å². The van der Waals surface area contributed by atoms with E-state index in [1.54, 1.807) is 20.0 Å². The molecule has 2 aromatic heterocycles. The molecule has 5 rings (SSSR count). The molecule has 3 aliphatic rings. The van der Waals surface area contributed by atoms with Gasteiger partial charge in [-0.25, -0.2) is 13.5 Å². The van der Waals surface area contributed by atoms with E-state index in [0.717, 1.165) is 56.8 Å². The number of halogens is 2. The molecule has 1 amide bonds. The third-order valence-electron chi connectivity index (χ3n) is 7.85. The lowest BCUT2D eigenvalue weighted by atomic mass is 9.90. The summed E-state index contributed by atoms with van der Waals surface area (Å²) in [5.74, 6) is -1.23. The monoisotopic (exact) mass is 523 g/mol.